The number of hydrogen-bond donors (Lipinski definition) is 1. The average molecular weight is 264 g/mol. The van der Waals surface area contributed by atoms with Crippen LogP contribution in [0.25, 0.3) is 0 Å². The number of carboxylic acids is 1. The molecule has 5 heteroatoms. The van der Waals surface area contributed by atoms with Gasteiger partial charge in [-0.1, -0.05) is 0 Å². The molecule has 1 aromatic rings. The van der Waals surface area contributed by atoms with E-state index in [0.29, 0.717) is 0 Å². The van der Waals surface area contributed by atoms with Crippen molar-refractivity contribution in [2.24, 2.45) is 0 Å². The number of ether oxygens (including phenoxy) is 1. The first-order chi connectivity index (χ1) is 9.19. The third kappa shape index (κ3) is 3.86. The van der Waals surface area contributed by atoms with Crippen LogP contribution in [0.15, 0.2) is 24.3 Å². The number of hydrogen-bond acceptors (Lipinski definition) is 4. The van der Waals surface area contributed by atoms with Crippen molar-refractivity contribution in [3.05, 3.63) is 24.3 Å². The van der Waals surface area contributed by atoms with Crippen molar-refractivity contribution >= 4 is 11.7 Å². The Morgan fingerprint density at radius 3 is 2.58 bits per heavy atom. The van der Waals surface area contributed by atoms with Gasteiger partial charge in [0, 0.05) is 31.9 Å². The Bertz CT molecular complexity index is 419. The molecule has 0 aliphatic carbocycles. The van der Waals surface area contributed by atoms with E-state index in [1.54, 1.807) is 7.11 Å². The van der Waals surface area contributed by atoms with Crippen molar-refractivity contribution in [2.75, 3.05) is 44.7 Å². The van der Waals surface area contributed by atoms with Crippen molar-refractivity contribution in [3.63, 3.8) is 0 Å². The Hall–Kier alpha value is -1.75. The summed E-state index contributed by atoms with van der Waals surface area (Å²) in [5.41, 5.74) is 1.16. The fourth-order valence-corrected chi connectivity index (χ4v) is 2.37. The minimum Gasteiger partial charge on any atom is -0.497 e. The monoisotopic (exact) mass is 264 g/mol. The Labute approximate surface area is 113 Å². The lowest BCUT2D eigenvalue weighted by molar-refractivity contribution is -0.138. The van der Waals surface area contributed by atoms with E-state index in [-0.39, 0.29) is 6.54 Å². The van der Waals surface area contributed by atoms with Crippen molar-refractivity contribution in [1.82, 2.24) is 4.90 Å². The van der Waals surface area contributed by atoms with Crippen molar-refractivity contribution in [1.29, 1.82) is 0 Å². The van der Waals surface area contributed by atoms with Crippen LogP contribution < -0.4 is 9.64 Å². The standard InChI is InChI=1S/C14H20N2O3/c1-19-13-5-3-12(4-6-13)16-8-2-7-15(9-10-16)11-14(17)18/h3-6H,2,7-11H2,1H3,(H,17,18). The second kappa shape index (κ2) is 6.43. The quantitative estimate of drug-likeness (QED) is 0.888. The third-order valence-corrected chi connectivity index (χ3v) is 3.38. The lowest BCUT2D eigenvalue weighted by atomic mass is 10.2. The molecule has 0 amide bonds. The summed E-state index contributed by atoms with van der Waals surface area (Å²) in [7, 11) is 1.66. The molecular weight excluding hydrogens is 244 g/mol. The second-order valence-corrected chi connectivity index (χ2v) is 4.71. The highest BCUT2D eigenvalue weighted by molar-refractivity contribution is 5.69. The lowest BCUT2D eigenvalue weighted by Crippen LogP contribution is -2.34. The predicted molar refractivity (Wildman–Crippen MR) is 73.9 cm³/mol. The van der Waals surface area contributed by atoms with Gasteiger partial charge in [-0.2, -0.15) is 0 Å². The van der Waals surface area contributed by atoms with Crippen LogP contribution in [0.4, 0.5) is 5.69 Å². The molecule has 1 aliphatic heterocycles. The summed E-state index contributed by atoms with van der Waals surface area (Å²) in [5.74, 6) is 0.101. The zero-order valence-electron chi connectivity index (χ0n) is 11.2. The summed E-state index contributed by atoms with van der Waals surface area (Å²) in [6.45, 7) is 3.59. The van der Waals surface area contributed by atoms with E-state index < -0.39 is 5.97 Å². The number of methoxy groups -OCH3 is 1. The maximum absolute atomic E-state index is 10.7. The van der Waals surface area contributed by atoms with E-state index in [9.17, 15) is 4.79 Å². The highest BCUT2D eigenvalue weighted by Crippen LogP contribution is 2.20. The maximum Gasteiger partial charge on any atom is 0.317 e. The number of carboxylic acid groups (broad SMARTS) is 1. The molecule has 0 bridgehead atoms. The number of benzene rings is 1. The predicted octanol–water partition coefficient (Wildman–Crippen LogP) is 1.29. The summed E-state index contributed by atoms with van der Waals surface area (Å²) in [6.07, 6.45) is 0.985. The SMILES string of the molecule is COc1ccc(N2CCCN(CC(=O)O)CC2)cc1. The van der Waals surface area contributed by atoms with Crippen LogP contribution in [0.3, 0.4) is 0 Å². The maximum atomic E-state index is 10.7. The fourth-order valence-electron chi connectivity index (χ4n) is 2.37. The van der Waals surface area contributed by atoms with E-state index in [4.69, 9.17) is 9.84 Å². The van der Waals surface area contributed by atoms with Gasteiger partial charge in [0.15, 0.2) is 0 Å². The Kier molecular flexibility index (Phi) is 4.63. The van der Waals surface area contributed by atoms with Crippen molar-refractivity contribution in [3.8, 4) is 5.75 Å². The number of nitrogens with zero attached hydrogens (tertiary/aromatic N) is 2. The first kappa shape index (κ1) is 13.7. The Morgan fingerprint density at radius 2 is 1.95 bits per heavy atom. The summed E-state index contributed by atoms with van der Waals surface area (Å²) >= 11 is 0. The molecule has 0 radical (unpaired) electrons. The highest BCUT2D eigenvalue weighted by Gasteiger charge is 2.16. The molecule has 1 saturated heterocycles. The van der Waals surface area contributed by atoms with Gasteiger partial charge in [0.2, 0.25) is 0 Å². The van der Waals surface area contributed by atoms with Crippen LogP contribution in [-0.4, -0.2) is 55.8 Å². The van der Waals surface area contributed by atoms with Crippen LogP contribution >= 0.6 is 0 Å². The first-order valence-corrected chi connectivity index (χ1v) is 6.52. The molecule has 2 rings (SSSR count). The molecule has 19 heavy (non-hydrogen) atoms. The third-order valence-electron chi connectivity index (χ3n) is 3.38. The summed E-state index contributed by atoms with van der Waals surface area (Å²) in [6, 6.07) is 8.00. The van der Waals surface area contributed by atoms with Gasteiger partial charge in [-0.3, -0.25) is 9.69 Å². The van der Waals surface area contributed by atoms with Gasteiger partial charge < -0.3 is 14.7 Å². The zero-order valence-corrected chi connectivity index (χ0v) is 11.2. The smallest absolute Gasteiger partial charge is 0.317 e. The highest BCUT2D eigenvalue weighted by atomic mass is 16.5. The molecule has 0 atom stereocenters. The fraction of sp³-hybridized carbons (Fsp3) is 0.500. The number of aliphatic carboxylic acids is 1. The minimum absolute atomic E-state index is 0.135. The normalized spacial score (nSPS) is 17.0. The van der Waals surface area contributed by atoms with Gasteiger partial charge in [0.25, 0.3) is 0 Å². The number of carbonyl (C=O) groups is 1. The molecule has 1 heterocycles. The van der Waals surface area contributed by atoms with Gasteiger partial charge in [-0.05, 0) is 30.7 Å². The number of anilines is 1. The van der Waals surface area contributed by atoms with E-state index in [1.165, 1.54) is 0 Å². The van der Waals surface area contributed by atoms with Crippen molar-refractivity contribution < 1.29 is 14.6 Å². The summed E-state index contributed by atoms with van der Waals surface area (Å²) in [4.78, 5) is 15.0. The van der Waals surface area contributed by atoms with E-state index in [0.717, 1.165) is 44.0 Å². The Morgan fingerprint density at radius 1 is 1.21 bits per heavy atom. The molecule has 0 spiro atoms. The topological polar surface area (TPSA) is 53.0 Å². The van der Waals surface area contributed by atoms with Gasteiger partial charge in [0.05, 0.1) is 13.7 Å². The zero-order chi connectivity index (χ0) is 13.7. The second-order valence-electron chi connectivity index (χ2n) is 4.71. The molecule has 1 N–H and O–H groups in total. The first-order valence-electron chi connectivity index (χ1n) is 6.52. The molecule has 1 aliphatic rings. The molecule has 104 valence electrons. The van der Waals surface area contributed by atoms with Crippen molar-refractivity contribution in [2.45, 2.75) is 6.42 Å². The summed E-state index contributed by atoms with van der Waals surface area (Å²) in [5, 5.41) is 8.83. The number of rotatable bonds is 4. The summed E-state index contributed by atoms with van der Waals surface area (Å²) < 4.78 is 5.15. The molecule has 0 saturated carbocycles. The molecular formula is C14H20N2O3. The molecule has 1 fully saturated rings. The molecule has 0 aromatic heterocycles. The lowest BCUT2D eigenvalue weighted by Gasteiger charge is -2.23. The van der Waals surface area contributed by atoms with Crippen LogP contribution in [0, 0.1) is 0 Å². The molecule has 0 unspecified atom stereocenters. The van der Waals surface area contributed by atoms with E-state index in [1.807, 2.05) is 29.2 Å². The molecule has 1 aromatic carbocycles. The van der Waals surface area contributed by atoms with Gasteiger partial charge >= 0.3 is 5.97 Å². The van der Waals surface area contributed by atoms with Crippen LogP contribution in [-0.2, 0) is 4.79 Å². The van der Waals surface area contributed by atoms with Crippen LogP contribution in [0.5, 0.6) is 5.75 Å². The van der Waals surface area contributed by atoms with Crippen LogP contribution in [0.1, 0.15) is 6.42 Å². The average Bonchev–Trinajstić information content (AvgIpc) is 2.64. The van der Waals surface area contributed by atoms with Gasteiger partial charge in [-0.25, -0.2) is 0 Å². The molecule has 5 nitrogen and oxygen atoms in total. The van der Waals surface area contributed by atoms with E-state index >= 15 is 0 Å². The van der Waals surface area contributed by atoms with E-state index in [2.05, 4.69) is 4.90 Å². The van der Waals surface area contributed by atoms with Gasteiger partial charge in [0.1, 0.15) is 5.75 Å². The van der Waals surface area contributed by atoms with Crippen LogP contribution in [0.2, 0.25) is 0 Å². The Balaban J connectivity index is 1.96. The van der Waals surface area contributed by atoms with Gasteiger partial charge in [-0.15, -0.1) is 0 Å². The largest absolute Gasteiger partial charge is 0.497 e. The minimum atomic E-state index is -0.752.